The van der Waals surface area contributed by atoms with Gasteiger partial charge in [0.15, 0.2) is 0 Å². The minimum absolute atomic E-state index is 0.188. The minimum Gasteiger partial charge on any atom is -0.355 e. The maximum atomic E-state index is 13.4. The molecule has 0 radical (unpaired) electrons. The Kier molecular flexibility index (Phi) is 5.90. The van der Waals surface area contributed by atoms with E-state index >= 15 is 0 Å². The van der Waals surface area contributed by atoms with E-state index < -0.39 is 10.0 Å². The van der Waals surface area contributed by atoms with E-state index in [1.807, 2.05) is 0 Å². The highest BCUT2D eigenvalue weighted by Crippen LogP contribution is 2.12. The third kappa shape index (κ3) is 4.78. The molecule has 7 heteroatoms. The summed E-state index contributed by atoms with van der Waals surface area (Å²) in [5, 5.41) is 2.69. The first-order valence-corrected chi connectivity index (χ1v) is 9.08. The fourth-order valence-corrected chi connectivity index (χ4v) is 4.05. The van der Waals surface area contributed by atoms with Gasteiger partial charge in [-0.25, -0.2) is 17.1 Å². The zero-order valence-electron chi connectivity index (χ0n) is 12.4. The van der Waals surface area contributed by atoms with Crippen LogP contribution in [0.4, 0.5) is 4.39 Å². The number of hydrogen-bond acceptors (Lipinski definition) is 3. The molecule has 0 atom stereocenters. The van der Waals surface area contributed by atoms with Crippen molar-refractivity contribution in [1.82, 2.24) is 9.62 Å². The first kappa shape index (κ1) is 16.9. The number of carbonyl (C=O) groups excluding carboxylic acids is 1. The maximum absolute atomic E-state index is 13.4. The van der Waals surface area contributed by atoms with Gasteiger partial charge in [0.25, 0.3) is 0 Å². The minimum atomic E-state index is -3.15. The summed E-state index contributed by atoms with van der Waals surface area (Å²) in [6.07, 6.45) is 2.09. The highest BCUT2D eigenvalue weighted by Gasteiger charge is 2.25. The summed E-state index contributed by atoms with van der Waals surface area (Å²) in [4.78, 5) is 11.7. The summed E-state index contributed by atoms with van der Waals surface area (Å²) in [5.74, 6) is -0.318. The normalized spacial score (nSPS) is 18.0. The van der Waals surface area contributed by atoms with E-state index in [1.165, 1.54) is 10.4 Å². The molecule has 1 aromatic rings. The standard InChI is InChI=1S/C15H21FN2O3S/c16-14-6-2-1-5-13(14)7-8-15(19)17-9-11-18-10-3-4-12-22(18,20)21/h1-2,5-6H,3-4,7-12H2,(H,17,19). The number of nitrogens with zero attached hydrogens (tertiary/aromatic N) is 1. The summed E-state index contributed by atoms with van der Waals surface area (Å²) in [6.45, 7) is 1.11. The van der Waals surface area contributed by atoms with Gasteiger partial charge in [-0.15, -0.1) is 0 Å². The Morgan fingerprint density at radius 2 is 2.05 bits per heavy atom. The van der Waals surface area contributed by atoms with Crippen LogP contribution in [0, 0.1) is 5.82 Å². The van der Waals surface area contributed by atoms with Crippen molar-refractivity contribution in [3.05, 3.63) is 35.6 Å². The van der Waals surface area contributed by atoms with Crippen molar-refractivity contribution < 1.29 is 17.6 Å². The first-order chi connectivity index (χ1) is 10.5. The van der Waals surface area contributed by atoms with E-state index in [4.69, 9.17) is 0 Å². The molecule has 0 unspecified atom stereocenters. The third-order valence-electron chi connectivity index (χ3n) is 3.72. The molecule has 0 aliphatic carbocycles. The number of nitrogens with one attached hydrogen (secondary N) is 1. The molecule has 1 aromatic carbocycles. The topological polar surface area (TPSA) is 66.5 Å². The van der Waals surface area contributed by atoms with Gasteiger partial charge in [-0.05, 0) is 30.9 Å². The van der Waals surface area contributed by atoms with Crippen LogP contribution < -0.4 is 5.32 Å². The van der Waals surface area contributed by atoms with Gasteiger partial charge in [0.05, 0.1) is 5.75 Å². The molecule has 1 saturated heterocycles. The van der Waals surface area contributed by atoms with Crippen LogP contribution in [-0.2, 0) is 21.2 Å². The number of sulfonamides is 1. The van der Waals surface area contributed by atoms with Crippen LogP contribution in [0.5, 0.6) is 0 Å². The molecule has 1 aliphatic rings. The van der Waals surface area contributed by atoms with Crippen LogP contribution >= 0.6 is 0 Å². The summed E-state index contributed by atoms with van der Waals surface area (Å²) in [7, 11) is -3.15. The number of hydrogen-bond donors (Lipinski definition) is 1. The second-order valence-electron chi connectivity index (χ2n) is 5.36. The molecular formula is C15H21FN2O3S. The lowest BCUT2D eigenvalue weighted by molar-refractivity contribution is -0.121. The van der Waals surface area contributed by atoms with E-state index in [2.05, 4.69) is 5.32 Å². The van der Waals surface area contributed by atoms with Crippen LogP contribution in [0.2, 0.25) is 0 Å². The van der Waals surface area contributed by atoms with Gasteiger partial charge in [0.2, 0.25) is 15.9 Å². The Morgan fingerprint density at radius 3 is 2.77 bits per heavy atom. The molecule has 0 aromatic heterocycles. The molecular weight excluding hydrogens is 307 g/mol. The number of amides is 1. The van der Waals surface area contributed by atoms with Crippen molar-refractivity contribution in [2.24, 2.45) is 0 Å². The van der Waals surface area contributed by atoms with Gasteiger partial charge in [0, 0.05) is 26.1 Å². The summed E-state index contributed by atoms with van der Waals surface area (Å²) in [5.41, 5.74) is 0.510. The molecule has 0 spiro atoms. The molecule has 1 aliphatic heterocycles. The molecule has 0 saturated carbocycles. The smallest absolute Gasteiger partial charge is 0.220 e. The van der Waals surface area contributed by atoms with Crippen LogP contribution in [-0.4, -0.2) is 44.0 Å². The van der Waals surface area contributed by atoms with Crippen LogP contribution in [0.15, 0.2) is 24.3 Å². The van der Waals surface area contributed by atoms with Gasteiger partial charge in [-0.1, -0.05) is 18.2 Å². The highest BCUT2D eigenvalue weighted by molar-refractivity contribution is 7.89. The van der Waals surface area contributed by atoms with Gasteiger partial charge in [-0.3, -0.25) is 4.79 Å². The van der Waals surface area contributed by atoms with E-state index in [1.54, 1.807) is 18.2 Å². The number of carbonyl (C=O) groups is 1. The monoisotopic (exact) mass is 328 g/mol. The van der Waals surface area contributed by atoms with Crippen LogP contribution in [0.1, 0.15) is 24.8 Å². The Bertz CT molecular complexity index is 619. The number of aryl methyl sites for hydroxylation is 1. The zero-order chi connectivity index (χ0) is 16.0. The summed E-state index contributed by atoms with van der Waals surface area (Å²) >= 11 is 0. The Labute approximate surface area is 130 Å². The first-order valence-electron chi connectivity index (χ1n) is 7.47. The molecule has 1 heterocycles. The average Bonchev–Trinajstić information content (AvgIpc) is 2.48. The number of benzene rings is 1. The molecule has 2 rings (SSSR count). The molecule has 1 N–H and O–H groups in total. The highest BCUT2D eigenvalue weighted by atomic mass is 32.2. The average molecular weight is 328 g/mol. The predicted octanol–water partition coefficient (Wildman–Crippen LogP) is 1.30. The fourth-order valence-electron chi connectivity index (χ4n) is 2.45. The lowest BCUT2D eigenvalue weighted by atomic mass is 10.1. The quantitative estimate of drug-likeness (QED) is 0.856. The Morgan fingerprint density at radius 1 is 1.27 bits per heavy atom. The molecule has 0 bridgehead atoms. The Hall–Kier alpha value is -1.47. The van der Waals surface area contributed by atoms with E-state index in [-0.39, 0.29) is 30.4 Å². The van der Waals surface area contributed by atoms with Crippen LogP contribution in [0.25, 0.3) is 0 Å². The van der Waals surface area contributed by atoms with Crippen molar-refractivity contribution >= 4 is 15.9 Å². The van der Waals surface area contributed by atoms with Crippen molar-refractivity contribution in [1.29, 1.82) is 0 Å². The van der Waals surface area contributed by atoms with Gasteiger partial charge >= 0.3 is 0 Å². The zero-order valence-corrected chi connectivity index (χ0v) is 13.2. The lowest BCUT2D eigenvalue weighted by Crippen LogP contribution is -2.42. The van der Waals surface area contributed by atoms with Crippen molar-refractivity contribution in [3.8, 4) is 0 Å². The second kappa shape index (κ2) is 7.69. The molecule has 22 heavy (non-hydrogen) atoms. The predicted molar refractivity (Wildman–Crippen MR) is 82.3 cm³/mol. The van der Waals surface area contributed by atoms with E-state index in [0.717, 1.165) is 6.42 Å². The summed E-state index contributed by atoms with van der Waals surface area (Å²) in [6, 6.07) is 6.37. The van der Waals surface area contributed by atoms with E-state index in [9.17, 15) is 17.6 Å². The van der Waals surface area contributed by atoms with E-state index in [0.29, 0.717) is 31.5 Å². The van der Waals surface area contributed by atoms with Crippen molar-refractivity contribution in [2.45, 2.75) is 25.7 Å². The van der Waals surface area contributed by atoms with Gasteiger partial charge < -0.3 is 5.32 Å². The van der Waals surface area contributed by atoms with Crippen LogP contribution in [0.3, 0.4) is 0 Å². The largest absolute Gasteiger partial charge is 0.355 e. The number of rotatable bonds is 6. The fraction of sp³-hybridized carbons (Fsp3) is 0.533. The third-order valence-corrected chi connectivity index (χ3v) is 5.67. The lowest BCUT2D eigenvalue weighted by Gasteiger charge is -2.26. The molecule has 5 nitrogen and oxygen atoms in total. The molecule has 1 fully saturated rings. The van der Waals surface area contributed by atoms with Gasteiger partial charge in [-0.2, -0.15) is 0 Å². The summed E-state index contributed by atoms with van der Waals surface area (Å²) < 4.78 is 38.4. The Balaban J connectivity index is 1.71. The second-order valence-corrected chi connectivity index (χ2v) is 7.45. The number of halogens is 1. The van der Waals surface area contributed by atoms with Crippen molar-refractivity contribution in [2.75, 3.05) is 25.4 Å². The van der Waals surface area contributed by atoms with Crippen molar-refractivity contribution in [3.63, 3.8) is 0 Å². The van der Waals surface area contributed by atoms with Gasteiger partial charge in [0.1, 0.15) is 5.82 Å². The molecule has 122 valence electrons. The maximum Gasteiger partial charge on any atom is 0.220 e. The SMILES string of the molecule is O=C(CCc1ccccc1F)NCCN1CCCCS1(=O)=O. The molecule has 1 amide bonds.